The van der Waals surface area contributed by atoms with Gasteiger partial charge in [0.1, 0.15) is 18.1 Å². The molecule has 0 aromatic carbocycles. The predicted octanol–water partition coefficient (Wildman–Crippen LogP) is -3.05. The van der Waals surface area contributed by atoms with E-state index in [1.807, 2.05) is 0 Å². The molecular weight excluding hydrogens is 434 g/mol. The maximum atomic E-state index is 12.6. The standard InChI is InChI=1S/C17H27N5O8S/c18-12(23)6-10(17(29)30)21-16(28)11(7-31)22-15(27)9(3-4-13(24)25)20-14(26)8-2-1-5-19-8/h8-11,19,31H,1-7H2,(H2,18,23)(H,20,26)(H,21,28)(H,22,27)(H,24,25)(H,29,30). The molecule has 8 N–H and O–H groups in total. The molecule has 4 atom stereocenters. The normalized spacial score (nSPS) is 18.3. The van der Waals surface area contributed by atoms with Crippen molar-refractivity contribution in [2.45, 2.75) is 56.3 Å². The van der Waals surface area contributed by atoms with Crippen LogP contribution in [0.4, 0.5) is 0 Å². The summed E-state index contributed by atoms with van der Waals surface area (Å²) in [5.41, 5.74) is 4.96. The van der Waals surface area contributed by atoms with E-state index in [9.17, 15) is 28.8 Å². The second kappa shape index (κ2) is 12.7. The highest BCUT2D eigenvalue weighted by molar-refractivity contribution is 7.80. The molecule has 4 amide bonds. The number of rotatable bonds is 13. The van der Waals surface area contributed by atoms with Gasteiger partial charge >= 0.3 is 11.9 Å². The summed E-state index contributed by atoms with van der Waals surface area (Å²) in [5.74, 6) is -6.08. The molecule has 1 aliphatic heterocycles. The van der Waals surface area contributed by atoms with Crippen molar-refractivity contribution in [3.05, 3.63) is 0 Å². The number of amides is 4. The van der Waals surface area contributed by atoms with Gasteiger partial charge in [0.15, 0.2) is 0 Å². The van der Waals surface area contributed by atoms with Gasteiger partial charge in [-0.05, 0) is 25.8 Å². The Morgan fingerprint density at radius 3 is 2.10 bits per heavy atom. The van der Waals surface area contributed by atoms with Crippen molar-refractivity contribution < 1.29 is 39.0 Å². The molecule has 31 heavy (non-hydrogen) atoms. The van der Waals surface area contributed by atoms with E-state index >= 15 is 0 Å². The minimum atomic E-state index is -1.60. The fourth-order valence-electron chi connectivity index (χ4n) is 2.86. The number of carboxylic acid groups (broad SMARTS) is 2. The molecule has 0 radical (unpaired) electrons. The molecule has 14 heteroatoms. The van der Waals surface area contributed by atoms with E-state index in [1.54, 1.807) is 0 Å². The highest BCUT2D eigenvalue weighted by Gasteiger charge is 2.31. The third-order valence-electron chi connectivity index (χ3n) is 4.49. The topological polar surface area (TPSA) is 217 Å². The molecule has 1 fully saturated rings. The quantitative estimate of drug-likeness (QED) is 0.130. The smallest absolute Gasteiger partial charge is 0.326 e. The SMILES string of the molecule is NC(=O)CC(NC(=O)C(CS)NC(=O)C(CCC(=O)O)NC(=O)C1CCCN1)C(=O)O. The Morgan fingerprint density at radius 2 is 1.61 bits per heavy atom. The van der Waals surface area contributed by atoms with E-state index in [-0.39, 0.29) is 12.2 Å². The summed E-state index contributed by atoms with van der Waals surface area (Å²) in [7, 11) is 0. The highest BCUT2D eigenvalue weighted by atomic mass is 32.1. The number of carboxylic acids is 2. The third-order valence-corrected chi connectivity index (χ3v) is 4.86. The van der Waals surface area contributed by atoms with Crippen LogP contribution in [-0.4, -0.2) is 82.2 Å². The number of primary amides is 1. The Hall–Kier alpha value is -2.87. The summed E-state index contributed by atoms with van der Waals surface area (Å²) in [5, 5.41) is 27.8. The molecule has 0 aromatic rings. The van der Waals surface area contributed by atoms with E-state index in [1.165, 1.54) is 0 Å². The van der Waals surface area contributed by atoms with Crippen LogP contribution in [0.1, 0.15) is 32.1 Å². The van der Waals surface area contributed by atoms with E-state index in [4.69, 9.17) is 15.9 Å². The van der Waals surface area contributed by atoms with Gasteiger partial charge in [-0.25, -0.2) is 4.79 Å². The van der Waals surface area contributed by atoms with Crippen molar-refractivity contribution in [3.8, 4) is 0 Å². The lowest BCUT2D eigenvalue weighted by molar-refractivity contribution is -0.143. The van der Waals surface area contributed by atoms with Crippen LogP contribution in [0.2, 0.25) is 0 Å². The molecule has 0 spiro atoms. The van der Waals surface area contributed by atoms with Gasteiger partial charge in [-0.1, -0.05) is 0 Å². The van der Waals surface area contributed by atoms with Crippen molar-refractivity contribution in [2.24, 2.45) is 5.73 Å². The Bertz CT molecular complexity index is 713. The fraction of sp³-hybridized carbons (Fsp3) is 0.647. The summed E-state index contributed by atoms with van der Waals surface area (Å²) in [6, 6.07) is -4.64. The lowest BCUT2D eigenvalue weighted by Gasteiger charge is -2.24. The number of carbonyl (C=O) groups is 6. The van der Waals surface area contributed by atoms with E-state index < -0.39 is 72.6 Å². The number of hydrogen-bond acceptors (Lipinski definition) is 8. The predicted molar refractivity (Wildman–Crippen MR) is 109 cm³/mol. The molecule has 1 rings (SSSR count). The Kier molecular flexibility index (Phi) is 10.8. The molecule has 0 aliphatic carbocycles. The number of thiol groups is 1. The summed E-state index contributed by atoms with van der Waals surface area (Å²) in [6.45, 7) is 0.641. The van der Waals surface area contributed by atoms with Gasteiger partial charge in [-0.2, -0.15) is 12.6 Å². The zero-order valence-electron chi connectivity index (χ0n) is 16.6. The van der Waals surface area contributed by atoms with Crippen LogP contribution in [0.15, 0.2) is 0 Å². The first-order valence-electron chi connectivity index (χ1n) is 9.53. The second-order valence-electron chi connectivity index (χ2n) is 6.96. The zero-order valence-corrected chi connectivity index (χ0v) is 17.5. The monoisotopic (exact) mass is 461 g/mol. The van der Waals surface area contributed by atoms with Gasteiger partial charge in [0.25, 0.3) is 0 Å². The number of aliphatic carboxylic acids is 2. The first kappa shape index (κ1) is 26.2. The maximum absolute atomic E-state index is 12.6. The van der Waals surface area contributed by atoms with Crippen molar-refractivity contribution >= 4 is 48.2 Å². The van der Waals surface area contributed by atoms with Crippen LogP contribution < -0.4 is 27.0 Å². The van der Waals surface area contributed by atoms with E-state index in [0.717, 1.165) is 6.42 Å². The molecule has 174 valence electrons. The number of nitrogens with one attached hydrogen (secondary N) is 4. The van der Waals surface area contributed by atoms with Crippen LogP contribution in [0.5, 0.6) is 0 Å². The molecule has 1 saturated heterocycles. The lowest BCUT2D eigenvalue weighted by Crippen LogP contribution is -2.57. The summed E-state index contributed by atoms with van der Waals surface area (Å²) in [6.07, 6.45) is 0.0626. The molecule has 1 aliphatic rings. The molecule has 0 saturated carbocycles. The first-order chi connectivity index (χ1) is 14.5. The Morgan fingerprint density at radius 1 is 1.00 bits per heavy atom. The van der Waals surface area contributed by atoms with Crippen LogP contribution >= 0.6 is 12.6 Å². The third kappa shape index (κ3) is 9.21. The lowest BCUT2D eigenvalue weighted by atomic mass is 10.1. The van der Waals surface area contributed by atoms with Gasteiger partial charge in [0.2, 0.25) is 23.6 Å². The average Bonchev–Trinajstić information content (AvgIpc) is 3.22. The average molecular weight is 461 g/mol. The van der Waals surface area contributed by atoms with Crippen molar-refractivity contribution in [1.82, 2.24) is 21.3 Å². The van der Waals surface area contributed by atoms with Crippen LogP contribution in [-0.2, 0) is 28.8 Å². The maximum Gasteiger partial charge on any atom is 0.326 e. The van der Waals surface area contributed by atoms with Crippen LogP contribution in [0, 0.1) is 0 Å². The Labute approximate surface area is 183 Å². The molecule has 13 nitrogen and oxygen atoms in total. The summed E-state index contributed by atoms with van der Waals surface area (Å²) in [4.78, 5) is 70.3. The van der Waals surface area contributed by atoms with Gasteiger partial charge in [0, 0.05) is 12.2 Å². The number of carbonyl (C=O) groups excluding carboxylic acids is 4. The zero-order chi connectivity index (χ0) is 23.6. The van der Waals surface area contributed by atoms with Gasteiger partial charge < -0.3 is 37.2 Å². The summed E-state index contributed by atoms with van der Waals surface area (Å²) < 4.78 is 0. The van der Waals surface area contributed by atoms with Crippen molar-refractivity contribution in [1.29, 1.82) is 0 Å². The van der Waals surface area contributed by atoms with Gasteiger partial charge in [0.05, 0.1) is 12.5 Å². The molecule has 0 bridgehead atoms. The van der Waals surface area contributed by atoms with Crippen molar-refractivity contribution in [3.63, 3.8) is 0 Å². The van der Waals surface area contributed by atoms with Gasteiger partial charge in [-0.3, -0.25) is 24.0 Å². The molecule has 0 aromatic heterocycles. The summed E-state index contributed by atoms with van der Waals surface area (Å²) >= 11 is 3.96. The van der Waals surface area contributed by atoms with Crippen LogP contribution in [0.25, 0.3) is 0 Å². The first-order valence-corrected chi connectivity index (χ1v) is 10.2. The molecular formula is C17H27N5O8S. The van der Waals surface area contributed by atoms with E-state index in [2.05, 4.69) is 33.9 Å². The minimum absolute atomic E-state index is 0.222. The second-order valence-corrected chi connectivity index (χ2v) is 7.32. The Balaban J connectivity index is 2.82. The minimum Gasteiger partial charge on any atom is -0.481 e. The largest absolute Gasteiger partial charge is 0.481 e. The number of nitrogens with two attached hydrogens (primary N) is 1. The van der Waals surface area contributed by atoms with Crippen molar-refractivity contribution in [2.75, 3.05) is 12.3 Å². The fourth-order valence-corrected chi connectivity index (χ4v) is 3.11. The van der Waals surface area contributed by atoms with Gasteiger partial charge in [-0.15, -0.1) is 0 Å². The van der Waals surface area contributed by atoms with E-state index in [0.29, 0.717) is 13.0 Å². The molecule has 1 heterocycles. The van der Waals surface area contributed by atoms with Crippen LogP contribution in [0.3, 0.4) is 0 Å². The molecule has 4 unspecified atom stereocenters. The highest BCUT2D eigenvalue weighted by Crippen LogP contribution is 2.07. The number of hydrogen-bond donors (Lipinski definition) is 8.